The number of rotatable bonds is 1. The summed E-state index contributed by atoms with van der Waals surface area (Å²) in [6.45, 7) is 4.10. The largest absolute Gasteiger partial charge is 0.298 e. The molecular weight excluding hydrogens is 124 g/mol. The molecule has 0 aromatic carbocycles. The van der Waals surface area contributed by atoms with Crippen molar-refractivity contribution in [3.8, 4) is 0 Å². The first-order valence-corrected chi connectivity index (χ1v) is 3.57. The molecular formula is C9H12O. The van der Waals surface area contributed by atoms with Crippen molar-refractivity contribution in [1.82, 2.24) is 0 Å². The summed E-state index contributed by atoms with van der Waals surface area (Å²) in [6.07, 6.45) is 6.09. The van der Waals surface area contributed by atoms with Crippen LogP contribution in [0.1, 0.15) is 20.3 Å². The smallest absolute Gasteiger partial charge is 0.146 e. The first-order chi connectivity index (χ1) is 4.74. The molecule has 0 aromatic heterocycles. The normalized spacial score (nSPS) is 25.2. The van der Waals surface area contributed by atoms with Crippen LogP contribution in [0.4, 0.5) is 0 Å². The highest BCUT2D eigenvalue weighted by Crippen LogP contribution is 2.21. The van der Waals surface area contributed by atoms with Gasteiger partial charge >= 0.3 is 0 Å². The van der Waals surface area contributed by atoms with Gasteiger partial charge in [0.2, 0.25) is 0 Å². The molecule has 1 heteroatoms. The van der Waals surface area contributed by atoms with Crippen molar-refractivity contribution in [2.45, 2.75) is 20.3 Å². The summed E-state index contributed by atoms with van der Waals surface area (Å²) in [5, 5.41) is 0. The maximum Gasteiger partial charge on any atom is 0.146 e. The molecule has 1 rings (SSSR count). The Kier molecular flexibility index (Phi) is 2.05. The van der Waals surface area contributed by atoms with E-state index in [1.165, 1.54) is 5.57 Å². The number of carbonyl (C=O) groups excluding carboxylic acids is 1. The average molecular weight is 136 g/mol. The van der Waals surface area contributed by atoms with Gasteiger partial charge in [-0.15, -0.1) is 0 Å². The van der Waals surface area contributed by atoms with Gasteiger partial charge in [-0.2, -0.15) is 0 Å². The van der Waals surface area contributed by atoms with Crippen molar-refractivity contribution in [3.05, 3.63) is 23.3 Å². The molecule has 0 radical (unpaired) electrons. The standard InChI is InChI=1S/C9H12O/c1-7-3-4-8(2)9(5-7)6-10/h3,5-6,8H,4H2,1-2H3. The Bertz CT molecular complexity index is 199. The molecule has 1 aliphatic rings. The summed E-state index contributed by atoms with van der Waals surface area (Å²) < 4.78 is 0. The van der Waals surface area contributed by atoms with E-state index in [4.69, 9.17) is 0 Å². The number of hydrogen-bond acceptors (Lipinski definition) is 1. The lowest BCUT2D eigenvalue weighted by Gasteiger charge is -2.13. The molecule has 0 amide bonds. The van der Waals surface area contributed by atoms with E-state index in [9.17, 15) is 4.79 Å². The third-order valence-electron chi connectivity index (χ3n) is 1.89. The fourth-order valence-electron chi connectivity index (χ4n) is 1.11. The SMILES string of the molecule is CC1=CCC(C)C(C=O)=C1. The third-order valence-corrected chi connectivity index (χ3v) is 1.89. The fourth-order valence-corrected chi connectivity index (χ4v) is 1.11. The van der Waals surface area contributed by atoms with Gasteiger partial charge in [0.05, 0.1) is 0 Å². The molecule has 0 heterocycles. The van der Waals surface area contributed by atoms with Gasteiger partial charge in [0.15, 0.2) is 0 Å². The van der Waals surface area contributed by atoms with Crippen molar-refractivity contribution in [3.63, 3.8) is 0 Å². The van der Waals surface area contributed by atoms with E-state index in [0.29, 0.717) is 5.92 Å². The molecule has 0 saturated carbocycles. The number of hydrogen-bond donors (Lipinski definition) is 0. The van der Waals surface area contributed by atoms with Crippen LogP contribution in [0.25, 0.3) is 0 Å². The van der Waals surface area contributed by atoms with Gasteiger partial charge in [-0.05, 0) is 24.8 Å². The van der Waals surface area contributed by atoms with Gasteiger partial charge in [-0.3, -0.25) is 4.79 Å². The number of aldehydes is 1. The van der Waals surface area contributed by atoms with Crippen LogP contribution in [0.15, 0.2) is 23.3 Å². The summed E-state index contributed by atoms with van der Waals surface area (Å²) in [7, 11) is 0. The van der Waals surface area contributed by atoms with Gasteiger partial charge in [-0.1, -0.05) is 24.6 Å². The lowest BCUT2D eigenvalue weighted by Crippen LogP contribution is -2.03. The Morgan fingerprint density at radius 2 is 2.40 bits per heavy atom. The zero-order valence-corrected chi connectivity index (χ0v) is 6.42. The molecule has 1 unspecified atom stereocenters. The zero-order valence-electron chi connectivity index (χ0n) is 6.42. The van der Waals surface area contributed by atoms with E-state index in [2.05, 4.69) is 13.0 Å². The van der Waals surface area contributed by atoms with Crippen LogP contribution >= 0.6 is 0 Å². The van der Waals surface area contributed by atoms with Gasteiger partial charge in [0.25, 0.3) is 0 Å². The highest BCUT2D eigenvalue weighted by atomic mass is 16.1. The minimum Gasteiger partial charge on any atom is -0.298 e. The summed E-state index contributed by atoms with van der Waals surface area (Å²) in [4.78, 5) is 10.4. The van der Waals surface area contributed by atoms with E-state index in [1.54, 1.807) is 0 Å². The van der Waals surface area contributed by atoms with Gasteiger partial charge in [0, 0.05) is 0 Å². The maximum absolute atomic E-state index is 10.4. The monoisotopic (exact) mass is 136 g/mol. The molecule has 0 aromatic rings. The zero-order chi connectivity index (χ0) is 7.56. The van der Waals surface area contributed by atoms with Crippen LogP contribution < -0.4 is 0 Å². The first-order valence-electron chi connectivity index (χ1n) is 3.57. The predicted octanol–water partition coefficient (Wildman–Crippen LogP) is 2.10. The van der Waals surface area contributed by atoms with Crippen LogP contribution in [0.3, 0.4) is 0 Å². The second kappa shape index (κ2) is 2.82. The first kappa shape index (κ1) is 7.26. The summed E-state index contributed by atoms with van der Waals surface area (Å²) in [5.41, 5.74) is 2.14. The van der Waals surface area contributed by atoms with Gasteiger partial charge in [0.1, 0.15) is 6.29 Å². The van der Waals surface area contributed by atoms with E-state index in [-0.39, 0.29) is 0 Å². The molecule has 0 bridgehead atoms. The third kappa shape index (κ3) is 1.35. The molecule has 1 nitrogen and oxygen atoms in total. The van der Waals surface area contributed by atoms with Crippen molar-refractivity contribution in [2.75, 3.05) is 0 Å². The number of carbonyl (C=O) groups is 1. The minimum absolute atomic E-state index is 0.418. The van der Waals surface area contributed by atoms with Crippen molar-refractivity contribution in [1.29, 1.82) is 0 Å². The molecule has 1 atom stereocenters. The molecule has 0 fully saturated rings. The van der Waals surface area contributed by atoms with E-state index in [1.807, 2.05) is 13.0 Å². The Morgan fingerprint density at radius 1 is 1.70 bits per heavy atom. The molecule has 0 aliphatic heterocycles. The van der Waals surface area contributed by atoms with E-state index < -0.39 is 0 Å². The van der Waals surface area contributed by atoms with Crippen molar-refractivity contribution >= 4 is 6.29 Å². The van der Waals surface area contributed by atoms with Crippen molar-refractivity contribution < 1.29 is 4.79 Å². The molecule has 0 saturated heterocycles. The van der Waals surface area contributed by atoms with E-state index in [0.717, 1.165) is 18.3 Å². The molecule has 0 N–H and O–H groups in total. The number of allylic oxidation sites excluding steroid dienone is 4. The summed E-state index contributed by atoms with van der Waals surface area (Å²) >= 11 is 0. The highest BCUT2D eigenvalue weighted by molar-refractivity contribution is 5.75. The predicted molar refractivity (Wildman–Crippen MR) is 41.7 cm³/mol. The summed E-state index contributed by atoms with van der Waals surface area (Å²) in [5.74, 6) is 0.418. The van der Waals surface area contributed by atoms with Gasteiger partial charge < -0.3 is 0 Å². The lowest BCUT2D eigenvalue weighted by atomic mass is 9.91. The van der Waals surface area contributed by atoms with E-state index >= 15 is 0 Å². The van der Waals surface area contributed by atoms with Crippen LogP contribution in [0, 0.1) is 5.92 Å². The van der Waals surface area contributed by atoms with Crippen LogP contribution in [-0.2, 0) is 4.79 Å². The molecule has 10 heavy (non-hydrogen) atoms. The topological polar surface area (TPSA) is 17.1 Å². The maximum atomic E-state index is 10.4. The second-order valence-electron chi connectivity index (χ2n) is 2.85. The Labute approximate surface area is 61.4 Å². The Balaban J connectivity index is 2.83. The fraction of sp³-hybridized carbons (Fsp3) is 0.444. The van der Waals surface area contributed by atoms with Crippen molar-refractivity contribution in [2.24, 2.45) is 5.92 Å². The van der Waals surface area contributed by atoms with Crippen LogP contribution in [0.2, 0.25) is 0 Å². The van der Waals surface area contributed by atoms with Crippen LogP contribution in [0.5, 0.6) is 0 Å². The molecule has 0 spiro atoms. The average Bonchev–Trinajstić information content (AvgIpc) is 1.94. The lowest BCUT2D eigenvalue weighted by molar-refractivity contribution is -0.105. The molecule has 54 valence electrons. The highest BCUT2D eigenvalue weighted by Gasteiger charge is 2.09. The van der Waals surface area contributed by atoms with Gasteiger partial charge in [-0.25, -0.2) is 0 Å². The molecule has 1 aliphatic carbocycles. The second-order valence-corrected chi connectivity index (χ2v) is 2.85. The summed E-state index contributed by atoms with van der Waals surface area (Å²) in [6, 6.07) is 0. The van der Waals surface area contributed by atoms with Crippen LogP contribution in [-0.4, -0.2) is 6.29 Å². The minimum atomic E-state index is 0.418. The quantitative estimate of drug-likeness (QED) is 0.504. The Hall–Kier alpha value is -0.850. The Morgan fingerprint density at radius 3 is 2.90 bits per heavy atom.